The first kappa shape index (κ1) is 8.88. The van der Waals surface area contributed by atoms with Gasteiger partial charge in [-0.2, -0.15) is 5.26 Å². The summed E-state index contributed by atoms with van der Waals surface area (Å²) in [5, 5.41) is 8.58. The molecule has 1 aromatic rings. The molecule has 0 amide bonds. The van der Waals surface area contributed by atoms with E-state index >= 15 is 0 Å². The second-order valence-corrected chi connectivity index (χ2v) is 2.54. The molecule has 0 aliphatic heterocycles. The Bertz CT molecular complexity index is 346. The van der Waals surface area contributed by atoms with E-state index in [0.29, 0.717) is 0 Å². The normalized spacial score (nSPS) is 9.17. The summed E-state index contributed by atoms with van der Waals surface area (Å²) < 4.78 is 17.6. The summed E-state index contributed by atoms with van der Waals surface area (Å²) in [5.74, 6) is -0.310. The molecule has 0 aliphatic carbocycles. The predicted octanol–water partition coefficient (Wildman–Crippen LogP) is 1.99. The van der Waals surface area contributed by atoms with Gasteiger partial charge < -0.3 is 4.74 Å². The van der Waals surface area contributed by atoms with Crippen LogP contribution in [0.4, 0.5) is 4.39 Å². The van der Waals surface area contributed by atoms with Crippen LogP contribution in [0.5, 0.6) is 5.75 Å². The molecule has 2 nitrogen and oxygen atoms in total. The van der Waals surface area contributed by atoms with Crippen molar-refractivity contribution in [2.75, 3.05) is 7.11 Å². The van der Waals surface area contributed by atoms with E-state index in [1.165, 1.54) is 19.2 Å². The second kappa shape index (κ2) is 3.46. The van der Waals surface area contributed by atoms with Gasteiger partial charge >= 0.3 is 0 Å². The first-order valence-corrected chi connectivity index (χ1v) is 3.61. The summed E-state index contributed by atoms with van der Waals surface area (Å²) in [5.41, 5.74) is 0.281. The Morgan fingerprint density at radius 2 is 2.25 bits per heavy atom. The molecule has 0 fully saturated rings. The van der Waals surface area contributed by atoms with Crippen LogP contribution in [0.25, 0.3) is 0 Å². The smallest absolute Gasteiger partial charge is 0.152 e. The van der Waals surface area contributed by atoms with Crippen LogP contribution in [0.2, 0.25) is 0 Å². The SMILES string of the molecule is COc1c(C#N)ccc(F)c1S. The molecule has 0 saturated heterocycles. The van der Waals surface area contributed by atoms with E-state index in [1.54, 1.807) is 0 Å². The number of hydrogen-bond donors (Lipinski definition) is 1. The lowest BCUT2D eigenvalue weighted by molar-refractivity contribution is 0.396. The van der Waals surface area contributed by atoms with Crippen LogP contribution in [0.3, 0.4) is 0 Å². The van der Waals surface area contributed by atoms with Crippen LogP contribution in [-0.4, -0.2) is 7.11 Å². The number of rotatable bonds is 1. The third-order valence-corrected chi connectivity index (χ3v) is 1.82. The highest BCUT2D eigenvalue weighted by Crippen LogP contribution is 2.28. The van der Waals surface area contributed by atoms with E-state index < -0.39 is 5.82 Å². The Morgan fingerprint density at radius 1 is 1.58 bits per heavy atom. The van der Waals surface area contributed by atoms with Gasteiger partial charge in [-0.15, -0.1) is 12.6 Å². The minimum absolute atomic E-state index is 0.0663. The van der Waals surface area contributed by atoms with Crippen LogP contribution in [0, 0.1) is 17.1 Å². The number of thiol groups is 1. The lowest BCUT2D eigenvalue weighted by Crippen LogP contribution is -1.91. The van der Waals surface area contributed by atoms with Crippen molar-refractivity contribution in [3.8, 4) is 11.8 Å². The first-order valence-electron chi connectivity index (χ1n) is 3.16. The number of halogens is 1. The minimum Gasteiger partial charge on any atom is -0.494 e. The Balaban J connectivity index is 3.38. The fourth-order valence-electron chi connectivity index (χ4n) is 0.842. The second-order valence-electron chi connectivity index (χ2n) is 2.09. The van der Waals surface area contributed by atoms with E-state index in [4.69, 9.17) is 10.00 Å². The average Bonchev–Trinajstić information content (AvgIpc) is 2.09. The predicted molar refractivity (Wildman–Crippen MR) is 44.9 cm³/mol. The summed E-state index contributed by atoms with van der Waals surface area (Å²) in [4.78, 5) is 0.0663. The molecule has 0 spiro atoms. The molecule has 4 heteroatoms. The summed E-state index contributed by atoms with van der Waals surface area (Å²) in [6, 6.07) is 4.41. The molecule has 0 N–H and O–H groups in total. The molecule has 0 saturated carbocycles. The standard InChI is InChI=1S/C8H6FNOS/c1-11-7-5(4-10)2-3-6(9)8(7)12/h2-3,12H,1H3. The van der Waals surface area contributed by atoms with Crippen LogP contribution >= 0.6 is 12.6 Å². The van der Waals surface area contributed by atoms with Crippen LogP contribution in [0.1, 0.15) is 5.56 Å². The van der Waals surface area contributed by atoms with Gasteiger partial charge in [0.05, 0.1) is 17.6 Å². The highest BCUT2D eigenvalue weighted by atomic mass is 32.1. The maximum Gasteiger partial charge on any atom is 0.152 e. The van der Waals surface area contributed by atoms with Crippen molar-refractivity contribution >= 4 is 12.6 Å². The fraction of sp³-hybridized carbons (Fsp3) is 0.125. The third-order valence-electron chi connectivity index (χ3n) is 1.41. The molecule has 62 valence electrons. The van der Waals surface area contributed by atoms with Crippen LogP contribution < -0.4 is 4.74 Å². The van der Waals surface area contributed by atoms with E-state index in [-0.39, 0.29) is 16.2 Å². The number of ether oxygens (including phenoxy) is 1. The summed E-state index contributed by atoms with van der Waals surface area (Å²) in [6.45, 7) is 0. The summed E-state index contributed by atoms with van der Waals surface area (Å²) >= 11 is 3.86. The Labute approximate surface area is 75.0 Å². The van der Waals surface area contributed by atoms with Crippen molar-refractivity contribution < 1.29 is 9.13 Å². The zero-order chi connectivity index (χ0) is 9.14. The summed E-state index contributed by atoms with van der Waals surface area (Å²) in [7, 11) is 1.37. The molecular weight excluding hydrogens is 177 g/mol. The Morgan fingerprint density at radius 3 is 2.75 bits per heavy atom. The highest BCUT2D eigenvalue weighted by molar-refractivity contribution is 7.80. The van der Waals surface area contributed by atoms with Gasteiger partial charge in [-0.3, -0.25) is 0 Å². The van der Waals surface area contributed by atoms with Gasteiger partial charge in [-0.05, 0) is 12.1 Å². The number of methoxy groups -OCH3 is 1. The van der Waals surface area contributed by atoms with Crippen LogP contribution in [0.15, 0.2) is 17.0 Å². The van der Waals surface area contributed by atoms with Crippen molar-refractivity contribution in [1.82, 2.24) is 0 Å². The third kappa shape index (κ3) is 1.36. The molecule has 0 unspecified atom stereocenters. The zero-order valence-corrected chi connectivity index (χ0v) is 7.23. The van der Waals surface area contributed by atoms with E-state index in [2.05, 4.69) is 12.6 Å². The summed E-state index contributed by atoms with van der Waals surface area (Å²) in [6.07, 6.45) is 0. The Hall–Kier alpha value is -1.21. The topological polar surface area (TPSA) is 33.0 Å². The zero-order valence-electron chi connectivity index (χ0n) is 6.34. The molecule has 12 heavy (non-hydrogen) atoms. The van der Waals surface area contributed by atoms with Crippen molar-refractivity contribution in [3.63, 3.8) is 0 Å². The largest absolute Gasteiger partial charge is 0.494 e. The van der Waals surface area contributed by atoms with Gasteiger partial charge in [0, 0.05) is 0 Å². The number of nitriles is 1. The van der Waals surface area contributed by atoms with Crippen molar-refractivity contribution in [2.45, 2.75) is 4.90 Å². The lowest BCUT2D eigenvalue weighted by Gasteiger charge is -2.05. The lowest BCUT2D eigenvalue weighted by atomic mass is 10.2. The van der Waals surface area contributed by atoms with Gasteiger partial charge in [0.15, 0.2) is 5.75 Å². The minimum atomic E-state index is -0.491. The van der Waals surface area contributed by atoms with Gasteiger partial charge in [-0.1, -0.05) is 0 Å². The van der Waals surface area contributed by atoms with E-state index in [0.717, 1.165) is 0 Å². The number of nitrogens with zero attached hydrogens (tertiary/aromatic N) is 1. The maximum atomic E-state index is 12.8. The van der Waals surface area contributed by atoms with Crippen molar-refractivity contribution in [2.24, 2.45) is 0 Å². The van der Waals surface area contributed by atoms with Crippen LogP contribution in [-0.2, 0) is 0 Å². The molecule has 0 aliphatic rings. The van der Waals surface area contributed by atoms with Crippen molar-refractivity contribution in [3.05, 3.63) is 23.5 Å². The number of hydrogen-bond acceptors (Lipinski definition) is 3. The molecule has 0 atom stereocenters. The first-order chi connectivity index (χ1) is 5.70. The highest BCUT2D eigenvalue weighted by Gasteiger charge is 2.10. The molecule has 0 radical (unpaired) electrons. The van der Waals surface area contributed by atoms with Crippen molar-refractivity contribution in [1.29, 1.82) is 5.26 Å². The Kier molecular flexibility index (Phi) is 2.56. The fourth-order valence-corrected chi connectivity index (χ4v) is 1.13. The van der Waals surface area contributed by atoms with Gasteiger partial charge in [-0.25, -0.2) is 4.39 Å². The monoisotopic (exact) mass is 183 g/mol. The quantitative estimate of drug-likeness (QED) is 0.675. The molecular formula is C8H6FNOS. The maximum absolute atomic E-state index is 12.8. The van der Waals surface area contributed by atoms with E-state index in [9.17, 15) is 4.39 Å². The van der Waals surface area contributed by atoms with E-state index in [1.807, 2.05) is 6.07 Å². The average molecular weight is 183 g/mol. The molecule has 0 aromatic heterocycles. The van der Waals surface area contributed by atoms with Gasteiger partial charge in [0.1, 0.15) is 11.9 Å². The molecule has 0 bridgehead atoms. The van der Waals surface area contributed by atoms with Gasteiger partial charge in [0.25, 0.3) is 0 Å². The molecule has 1 aromatic carbocycles. The molecule has 0 heterocycles. The van der Waals surface area contributed by atoms with Gasteiger partial charge in [0.2, 0.25) is 0 Å². The number of benzene rings is 1. The molecule has 1 rings (SSSR count).